The maximum atomic E-state index is 12.2. The van der Waals surface area contributed by atoms with Crippen molar-refractivity contribution in [3.05, 3.63) is 17.7 Å². The quantitative estimate of drug-likeness (QED) is 0.881. The largest absolute Gasteiger partial charge is 0.378 e. The zero-order chi connectivity index (χ0) is 13.2. The maximum absolute atomic E-state index is 12.2. The lowest BCUT2D eigenvalue weighted by atomic mass is 10.2. The van der Waals surface area contributed by atoms with E-state index in [4.69, 9.17) is 4.74 Å². The highest BCUT2D eigenvalue weighted by Crippen LogP contribution is 2.25. The van der Waals surface area contributed by atoms with Gasteiger partial charge in [0, 0.05) is 18.4 Å². The number of nitrogens with one attached hydrogen (secondary N) is 1. The third-order valence-corrected chi connectivity index (χ3v) is 5.01. The van der Waals surface area contributed by atoms with Crippen LogP contribution in [-0.4, -0.2) is 48.2 Å². The Morgan fingerprint density at radius 2 is 2.39 bits per heavy atom. The molecule has 1 aromatic rings. The molecule has 1 fully saturated rings. The smallest absolute Gasteiger partial charge is 0.214 e. The van der Waals surface area contributed by atoms with Crippen LogP contribution >= 0.6 is 0 Å². The molecular weight excluding hydrogens is 254 g/mol. The first kappa shape index (κ1) is 13.5. The number of aryl methyl sites for hydroxylation is 1. The van der Waals surface area contributed by atoms with Crippen molar-refractivity contribution in [1.82, 2.24) is 14.3 Å². The zero-order valence-electron chi connectivity index (χ0n) is 10.7. The summed E-state index contributed by atoms with van der Waals surface area (Å²) in [5, 5.41) is 0. The van der Waals surface area contributed by atoms with Gasteiger partial charge in [-0.2, -0.15) is 4.31 Å². The predicted octanol–water partition coefficient (Wildman–Crippen LogP) is 0.831. The molecule has 2 rings (SSSR count). The number of H-pyrrole nitrogens is 1. The van der Waals surface area contributed by atoms with E-state index in [1.807, 2.05) is 13.8 Å². The second-order valence-corrected chi connectivity index (χ2v) is 6.51. The number of imidazole rings is 1. The highest BCUT2D eigenvalue weighted by Gasteiger charge is 2.34. The molecule has 1 aliphatic heterocycles. The van der Waals surface area contributed by atoms with Crippen LogP contribution < -0.4 is 0 Å². The van der Waals surface area contributed by atoms with Crippen molar-refractivity contribution in [3.63, 3.8) is 0 Å². The monoisotopic (exact) mass is 273 g/mol. The standard InChI is InChI=1S/C11H19N3O3S/c1-3-6-18(15,16)14-4-5-17-8-10(14)11-12-7-9(2)13-11/h7,10H,3-6,8H2,1-2H3,(H,12,13). The van der Waals surface area contributed by atoms with Gasteiger partial charge in [0.1, 0.15) is 11.9 Å². The average molecular weight is 273 g/mol. The Labute approximate surface area is 107 Å². The van der Waals surface area contributed by atoms with Crippen molar-refractivity contribution in [1.29, 1.82) is 0 Å². The van der Waals surface area contributed by atoms with Gasteiger partial charge in [0.25, 0.3) is 0 Å². The van der Waals surface area contributed by atoms with Crippen LogP contribution in [0.5, 0.6) is 0 Å². The molecule has 1 aliphatic rings. The Balaban J connectivity index is 2.26. The van der Waals surface area contributed by atoms with Crippen molar-refractivity contribution < 1.29 is 13.2 Å². The summed E-state index contributed by atoms with van der Waals surface area (Å²) in [6.07, 6.45) is 2.32. The molecule has 1 unspecified atom stereocenters. The van der Waals surface area contributed by atoms with E-state index in [-0.39, 0.29) is 11.8 Å². The summed E-state index contributed by atoms with van der Waals surface area (Å²) in [4.78, 5) is 7.31. The molecule has 0 spiro atoms. The number of aromatic nitrogens is 2. The SMILES string of the molecule is CCCS(=O)(=O)N1CCOCC1c1ncc(C)[nH]1. The highest BCUT2D eigenvalue weighted by atomic mass is 32.2. The van der Waals surface area contributed by atoms with Crippen LogP contribution in [0.3, 0.4) is 0 Å². The molecule has 2 heterocycles. The number of aromatic amines is 1. The highest BCUT2D eigenvalue weighted by molar-refractivity contribution is 7.89. The van der Waals surface area contributed by atoms with E-state index < -0.39 is 10.0 Å². The van der Waals surface area contributed by atoms with Crippen LogP contribution in [0.15, 0.2) is 6.20 Å². The van der Waals surface area contributed by atoms with E-state index in [9.17, 15) is 8.42 Å². The Morgan fingerprint density at radius 3 is 3.00 bits per heavy atom. The van der Waals surface area contributed by atoms with Gasteiger partial charge >= 0.3 is 0 Å². The topological polar surface area (TPSA) is 75.3 Å². The second-order valence-electron chi connectivity index (χ2n) is 4.47. The second kappa shape index (κ2) is 5.38. The minimum absolute atomic E-state index is 0.170. The van der Waals surface area contributed by atoms with Gasteiger partial charge in [0.05, 0.1) is 19.0 Å². The number of morpholine rings is 1. The van der Waals surface area contributed by atoms with Crippen LogP contribution in [-0.2, 0) is 14.8 Å². The van der Waals surface area contributed by atoms with Crippen molar-refractivity contribution in [3.8, 4) is 0 Å². The normalized spacial score (nSPS) is 22.2. The Bertz CT molecular complexity index is 497. The van der Waals surface area contributed by atoms with Gasteiger partial charge in [0.2, 0.25) is 10.0 Å². The number of nitrogens with zero attached hydrogens (tertiary/aromatic N) is 2. The van der Waals surface area contributed by atoms with Gasteiger partial charge in [-0.15, -0.1) is 0 Å². The van der Waals surface area contributed by atoms with Gasteiger partial charge in [-0.1, -0.05) is 6.92 Å². The number of hydrogen-bond acceptors (Lipinski definition) is 4. The number of sulfonamides is 1. The number of hydrogen-bond donors (Lipinski definition) is 1. The lowest BCUT2D eigenvalue weighted by Gasteiger charge is -2.33. The first-order chi connectivity index (χ1) is 8.54. The number of ether oxygens (including phenoxy) is 1. The Hall–Kier alpha value is -0.920. The molecule has 6 nitrogen and oxygen atoms in total. The summed E-state index contributed by atoms with van der Waals surface area (Å²) in [6.45, 7) is 4.96. The predicted molar refractivity (Wildman–Crippen MR) is 67.7 cm³/mol. The fourth-order valence-electron chi connectivity index (χ4n) is 2.11. The number of rotatable bonds is 4. The zero-order valence-corrected chi connectivity index (χ0v) is 11.5. The van der Waals surface area contributed by atoms with E-state index in [0.29, 0.717) is 32.0 Å². The van der Waals surface area contributed by atoms with Crippen LogP contribution in [0.2, 0.25) is 0 Å². The Kier molecular flexibility index (Phi) is 4.04. The molecule has 1 N–H and O–H groups in total. The first-order valence-electron chi connectivity index (χ1n) is 6.13. The van der Waals surface area contributed by atoms with Gasteiger partial charge in [-0.3, -0.25) is 0 Å². The maximum Gasteiger partial charge on any atom is 0.214 e. The van der Waals surface area contributed by atoms with E-state index in [1.54, 1.807) is 6.20 Å². The molecule has 0 aromatic carbocycles. The third kappa shape index (κ3) is 2.73. The molecule has 7 heteroatoms. The third-order valence-electron chi connectivity index (χ3n) is 2.94. The molecule has 0 bridgehead atoms. The van der Waals surface area contributed by atoms with Gasteiger partial charge < -0.3 is 9.72 Å². The molecule has 18 heavy (non-hydrogen) atoms. The fourth-order valence-corrected chi connectivity index (χ4v) is 3.77. The molecule has 1 atom stereocenters. The van der Waals surface area contributed by atoms with E-state index >= 15 is 0 Å². The van der Waals surface area contributed by atoms with E-state index in [0.717, 1.165) is 5.69 Å². The summed E-state index contributed by atoms with van der Waals surface area (Å²) in [6, 6.07) is -0.330. The molecule has 0 amide bonds. The summed E-state index contributed by atoms with van der Waals surface area (Å²) in [5.74, 6) is 0.829. The molecule has 1 aromatic heterocycles. The molecule has 0 radical (unpaired) electrons. The molecule has 0 saturated carbocycles. The van der Waals surface area contributed by atoms with Crippen molar-refractivity contribution in [2.75, 3.05) is 25.5 Å². The molecule has 102 valence electrons. The average Bonchev–Trinajstić information content (AvgIpc) is 2.76. The summed E-state index contributed by atoms with van der Waals surface area (Å²) in [7, 11) is -3.23. The lowest BCUT2D eigenvalue weighted by Crippen LogP contribution is -2.44. The minimum Gasteiger partial charge on any atom is -0.378 e. The van der Waals surface area contributed by atoms with Gasteiger partial charge in [0.15, 0.2) is 0 Å². The molecule has 1 saturated heterocycles. The summed E-state index contributed by atoms with van der Waals surface area (Å²) >= 11 is 0. The Morgan fingerprint density at radius 1 is 1.61 bits per heavy atom. The van der Waals surface area contributed by atoms with Crippen LogP contribution in [0.1, 0.15) is 30.9 Å². The van der Waals surface area contributed by atoms with Crippen molar-refractivity contribution in [2.24, 2.45) is 0 Å². The summed E-state index contributed by atoms with van der Waals surface area (Å²) in [5.41, 5.74) is 0.920. The molecular formula is C11H19N3O3S. The van der Waals surface area contributed by atoms with Crippen molar-refractivity contribution >= 4 is 10.0 Å². The summed E-state index contributed by atoms with van der Waals surface area (Å²) < 4.78 is 31.3. The lowest BCUT2D eigenvalue weighted by molar-refractivity contribution is 0.0292. The van der Waals surface area contributed by atoms with Crippen LogP contribution in [0.4, 0.5) is 0 Å². The van der Waals surface area contributed by atoms with Gasteiger partial charge in [-0.05, 0) is 13.3 Å². The van der Waals surface area contributed by atoms with Crippen LogP contribution in [0.25, 0.3) is 0 Å². The fraction of sp³-hybridized carbons (Fsp3) is 0.727. The van der Waals surface area contributed by atoms with Gasteiger partial charge in [-0.25, -0.2) is 13.4 Å². The minimum atomic E-state index is -3.23. The van der Waals surface area contributed by atoms with E-state index in [2.05, 4.69) is 9.97 Å². The van der Waals surface area contributed by atoms with Crippen molar-refractivity contribution in [2.45, 2.75) is 26.3 Å². The van der Waals surface area contributed by atoms with Crippen LogP contribution in [0, 0.1) is 6.92 Å². The first-order valence-corrected chi connectivity index (χ1v) is 7.74. The molecule has 0 aliphatic carbocycles. The van der Waals surface area contributed by atoms with E-state index in [1.165, 1.54) is 4.31 Å².